The Balaban J connectivity index is 1.46. The second kappa shape index (κ2) is 8.59. The summed E-state index contributed by atoms with van der Waals surface area (Å²) in [5.74, 6) is -0.476. The molecule has 0 unspecified atom stereocenters. The lowest BCUT2D eigenvalue weighted by atomic mass is 10.1. The zero-order chi connectivity index (χ0) is 22.9. The van der Waals surface area contributed by atoms with Gasteiger partial charge < -0.3 is 29.0 Å². The number of amides is 3. The summed E-state index contributed by atoms with van der Waals surface area (Å²) in [6, 6.07) is 14.2. The number of hydrogen-bond acceptors (Lipinski definition) is 6. The van der Waals surface area contributed by atoms with Gasteiger partial charge in [-0.05, 0) is 24.3 Å². The van der Waals surface area contributed by atoms with Gasteiger partial charge in [-0.15, -0.1) is 0 Å². The number of anilines is 2. The molecule has 3 heterocycles. The van der Waals surface area contributed by atoms with Crippen molar-refractivity contribution in [3.8, 4) is 5.75 Å². The minimum absolute atomic E-state index is 0.0563. The minimum Gasteiger partial charge on any atom is -0.476 e. The molecule has 5 rings (SSSR count). The monoisotopic (exact) mass is 449 g/mol. The van der Waals surface area contributed by atoms with Crippen molar-refractivity contribution in [2.75, 3.05) is 43.1 Å². The van der Waals surface area contributed by atoms with E-state index in [4.69, 9.17) is 13.9 Å². The zero-order valence-electron chi connectivity index (χ0n) is 18.1. The van der Waals surface area contributed by atoms with E-state index in [2.05, 4.69) is 5.32 Å². The fourth-order valence-electron chi connectivity index (χ4n) is 4.10. The van der Waals surface area contributed by atoms with E-state index in [-0.39, 0.29) is 24.1 Å². The molecule has 0 aliphatic carbocycles. The van der Waals surface area contributed by atoms with Crippen LogP contribution in [0.2, 0.25) is 0 Å². The number of nitrogens with one attached hydrogen (secondary N) is 1. The van der Waals surface area contributed by atoms with Gasteiger partial charge in [0.2, 0.25) is 11.7 Å². The molecule has 1 aromatic heterocycles. The average Bonchev–Trinajstić information content (AvgIpc) is 3.21. The molecule has 170 valence electrons. The Labute approximate surface area is 189 Å². The van der Waals surface area contributed by atoms with Crippen LogP contribution >= 0.6 is 0 Å². The Morgan fingerprint density at radius 1 is 1.00 bits per heavy atom. The maximum Gasteiger partial charge on any atom is 0.291 e. The summed E-state index contributed by atoms with van der Waals surface area (Å²) >= 11 is 0. The van der Waals surface area contributed by atoms with Crippen LogP contribution in [0.3, 0.4) is 0 Å². The minimum atomic E-state index is -0.955. The molecule has 3 amide bonds. The number of benzene rings is 2. The molecule has 33 heavy (non-hydrogen) atoms. The van der Waals surface area contributed by atoms with E-state index in [0.717, 1.165) is 0 Å². The van der Waals surface area contributed by atoms with Crippen LogP contribution in [-0.4, -0.2) is 61.6 Å². The maximum absolute atomic E-state index is 13.3. The van der Waals surface area contributed by atoms with Crippen molar-refractivity contribution in [3.63, 3.8) is 0 Å². The third-order valence-corrected chi connectivity index (χ3v) is 5.78. The van der Waals surface area contributed by atoms with Crippen molar-refractivity contribution in [1.82, 2.24) is 4.90 Å². The van der Waals surface area contributed by atoms with E-state index in [1.807, 2.05) is 0 Å². The Morgan fingerprint density at radius 3 is 2.52 bits per heavy atom. The summed E-state index contributed by atoms with van der Waals surface area (Å²) in [7, 11) is 0. The number of rotatable bonds is 3. The Bertz CT molecular complexity index is 1230. The van der Waals surface area contributed by atoms with Crippen molar-refractivity contribution in [2.45, 2.75) is 13.0 Å². The van der Waals surface area contributed by atoms with E-state index in [1.165, 1.54) is 11.8 Å². The third-order valence-electron chi connectivity index (χ3n) is 5.78. The smallest absolute Gasteiger partial charge is 0.291 e. The van der Waals surface area contributed by atoms with E-state index in [9.17, 15) is 14.4 Å². The Morgan fingerprint density at radius 2 is 1.73 bits per heavy atom. The lowest BCUT2D eigenvalue weighted by Gasteiger charge is -2.33. The topological polar surface area (TPSA) is 101 Å². The largest absolute Gasteiger partial charge is 0.476 e. The van der Waals surface area contributed by atoms with Gasteiger partial charge in [0.25, 0.3) is 11.8 Å². The highest BCUT2D eigenvalue weighted by Crippen LogP contribution is 2.35. The van der Waals surface area contributed by atoms with Crippen molar-refractivity contribution >= 4 is 40.1 Å². The summed E-state index contributed by atoms with van der Waals surface area (Å²) in [5.41, 5.74) is 1.40. The molecule has 9 nitrogen and oxygen atoms in total. The number of morpholine rings is 1. The van der Waals surface area contributed by atoms with Crippen LogP contribution < -0.4 is 15.0 Å². The molecular formula is C24H23N3O6. The number of nitrogens with zero attached hydrogens (tertiary/aromatic N) is 2. The van der Waals surface area contributed by atoms with E-state index >= 15 is 0 Å². The van der Waals surface area contributed by atoms with Crippen molar-refractivity contribution in [3.05, 3.63) is 54.3 Å². The zero-order valence-corrected chi connectivity index (χ0v) is 18.1. The first kappa shape index (κ1) is 21.0. The van der Waals surface area contributed by atoms with Gasteiger partial charge in [0.05, 0.1) is 25.4 Å². The molecule has 3 aromatic rings. The van der Waals surface area contributed by atoms with Gasteiger partial charge in [-0.2, -0.15) is 0 Å². The van der Waals surface area contributed by atoms with Crippen LogP contribution in [0.5, 0.6) is 5.75 Å². The average molecular weight is 449 g/mol. The van der Waals surface area contributed by atoms with Crippen LogP contribution in [0.25, 0.3) is 11.0 Å². The molecule has 2 aromatic carbocycles. The molecule has 9 heteroatoms. The highest BCUT2D eigenvalue weighted by atomic mass is 16.5. The predicted octanol–water partition coefficient (Wildman–Crippen LogP) is 2.66. The maximum atomic E-state index is 13.3. The van der Waals surface area contributed by atoms with Gasteiger partial charge >= 0.3 is 0 Å². The van der Waals surface area contributed by atoms with Crippen LogP contribution in [0.1, 0.15) is 17.5 Å². The molecule has 1 N–H and O–H groups in total. The number of carbonyl (C=O) groups excluding carboxylic acids is 3. The van der Waals surface area contributed by atoms with E-state index in [0.29, 0.717) is 54.4 Å². The lowest BCUT2D eigenvalue weighted by Crippen LogP contribution is -2.48. The number of hydrogen-bond donors (Lipinski definition) is 1. The normalized spacial score (nSPS) is 17.9. The lowest BCUT2D eigenvalue weighted by molar-refractivity contribution is -0.123. The molecule has 0 bridgehead atoms. The van der Waals surface area contributed by atoms with Crippen LogP contribution in [0.4, 0.5) is 11.4 Å². The van der Waals surface area contributed by atoms with E-state index in [1.54, 1.807) is 53.4 Å². The first-order chi connectivity index (χ1) is 16.0. The third kappa shape index (κ3) is 3.91. The highest BCUT2D eigenvalue weighted by molar-refractivity contribution is 6.12. The number of para-hydroxylation sites is 3. The van der Waals surface area contributed by atoms with Crippen LogP contribution in [0.15, 0.2) is 52.9 Å². The fourth-order valence-corrected chi connectivity index (χ4v) is 4.10. The summed E-state index contributed by atoms with van der Waals surface area (Å²) in [5, 5.41) is 3.45. The molecule has 1 saturated heterocycles. The summed E-state index contributed by atoms with van der Waals surface area (Å²) < 4.78 is 17.1. The molecule has 2 aliphatic heterocycles. The summed E-state index contributed by atoms with van der Waals surface area (Å²) in [4.78, 5) is 41.8. The summed E-state index contributed by atoms with van der Waals surface area (Å²) in [6.07, 6.45) is -0.955. The van der Waals surface area contributed by atoms with Crippen LogP contribution in [-0.2, 0) is 14.3 Å². The standard InChI is InChI=1S/C24H23N3O6/c1-15(28)27-14-20(32-19-9-5-3-7-17(19)27)23(29)25-21-16-6-2-4-8-18(16)33-22(21)24(30)26-10-12-31-13-11-26/h2-9,20H,10-14H2,1H3,(H,25,29)/t20-/m1/s1. The highest BCUT2D eigenvalue weighted by Gasteiger charge is 2.34. The number of furan rings is 1. The molecule has 1 fully saturated rings. The van der Waals surface area contributed by atoms with Gasteiger partial charge in [-0.1, -0.05) is 24.3 Å². The molecular weight excluding hydrogens is 426 g/mol. The second-order valence-electron chi connectivity index (χ2n) is 7.90. The van der Waals surface area contributed by atoms with Crippen molar-refractivity contribution in [1.29, 1.82) is 0 Å². The Kier molecular flexibility index (Phi) is 5.47. The van der Waals surface area contributed by atoms with Gasteiger partial charge in [0.1, 0.15) is 17.0 Å². The first-order valence-electron chi connectivity index (χ1n) is 10.8. The second-order valence-corrected chi connectivity index (χ2v) is 7.90. The molecule has 0 saturated carbocycles. The quantitative estimate of drug-likeness (QED) is 0.660. The number of carbonyl (C=O) groups is 3. The molecule has 0 spiro atoms. The number of fused-ring (bicyclic) bond motifs is 2. The van der Waals surface area contributed by atoms with Gasteiger partial charge in [-0.25, -0.2) is 0 Å². The van der Waals surface area contributed by atoms with Crippen molar-refractivity contribution in [2.24, 2.45) is 0 Å². The molecule has 2 aliphatic rings. The first-order valence-corrected chi connectivity index (χ1v) is 10.8. The fraction of sp³-hybridized carbons (Fsp3) is 0.292. The SMILES string of the molecule is CC(=O)N1C[C@H](C(=O)Nc2c(C(=O)N3CCOCC3)oc3ccccc23)Oc2ccccc21. The van der Waals surface area contributed by atoms with Gasteiger partial charge in [-0.3, -0.25) is 14.4 Å². The van der Waals surface area contributed by atoms with Gasteiger partial charge in [0.15, 0.2) is 6.10 Å². The predicted molar refractivity (Wildman–Crippen MR) is 120 cm³/mol. The van der Waals surface area contributed by atoms with E-state index < -0.39 is 12.0 Å². The molecule has 0 radical (unpaired) electrons. The van der Waals surface area contributed by atoms with Gasteiger partial charge in [0, 0.05) is 25.4 Å². The summed E-state index contributed by atoms with van der Waals surface area (Å²) in [6.45, 7) is 3.28. The molecule has 1 atom stereocenters. The Hall–Kier alpha value is -3.85. The van der Waals surface area contributed by atoms with Crippen LogP contribution in [0, 0.1) is 0 Å². The van der Waals surface area contributed by atoms with Crippen molar-refractivity contribution < 1.29 is 28.3 Å². The number of ether oxygens (including phenoxy) is 2.